The highest BCUT2D eigenvalue weighted by atomic mass is 16.4. The Bertz CT molecular complexity index is 1710. The lowest BCUT2D eigenvalue weighted by molar-refractivity contribution is -0.142. The van der Waals surface area contributed by atoms with Crippen molar-refractivity contribution in [3.8, 4) is 0 Å². The molecule has 1 fully saturated rings. The van der Waals surface area contributed by atoms with Crippen LogP contribution in [0.2, 0.25) is 0 Å². The molecule has 17 N–H and O–H groups in total. The molecule has 7 unspecified atom stereocenters. The van der Waals surface area contributed by atoms with Crippen molar-refractivity contribution in [1.29, 1.82) is 0 Å². The molecule has 22 heteroatoms. The molecule has 1 saturated heterocycles. The van der Waals surface area contributed by atoms with Gasteiger partial charge in [-0.1, -0.05) is 58.0 Å². The van der Waals surface area contributed by atoms with E-state index in [1.165, 1.54) is 0 Å². The molecular weight excluding hydrogens is 819 g/mol. The van der Waals surface area contributed by atoms with E-state index < -0.39 is 90.3 Å². The first-order valence-corrected chi connectivity index (χ1v) is 21.3. The number of nitrogens with one attached hydrogen (secondary N) is 7. The van der Waals surface area contributed by atoms with E-state index in [0.717, 1.165) is 6.42 Å². The number of nitrogens with zero attached hydrogens (tertiary/aromatic N) is 2. The van der Waals surface area contributed by atoms with Gasteiger partial charge in [0.25, 0.3) is 0 Å². The van der Waals surface area contributed by atoms with E-state index in [4.69, 9.17) is 22.9 Å². The number of aliphatic hydroxyl groups is 1. The quantitative estimate of drug-likeness (QED) is 0.0229. The third-order valence-corrected chi connectivity index (χ3v) is 9.93. The van der Waals surface area contributed by atoms with Crippen molar-refractivity contribution < 1.29 is 43.8 Å². The minimum atomic E-state index is -1.35. The summed E-state index contributed by atoms with van der Waals surface area (Å²) < 4.78 is 0. The Morgan fingerprint density at radius 1 is 0.651 bits per heavy atom. The summed E-state index contributed by atoms with van der Waals surface area (Å²) in [6, 6.07) is 0.480. The van der Waals surface area contributed by atoms with Crippen molar-refractivity contribution in [2.75, 3.05) is 26.2 Å². The van der Waals surface area contributed by atoms with E-state index in [1.807, 2.05) is 27.7 Å². The normalized spacial score (nSPS) is 16.3. The lowest BCUT2D eigenvalue weighted by Gasteiger charge is -2.28. The van der Waals surface area contributed by atoms with Crippen LogP contribution in [0.25, 0.3) is 0 Å². The monoisotopic (exact) mass is 888 g/mol. The number of hydrogen-bond donors (Lipinski definition) is 13. The van der Waals surface area contributed by atoms with Crippen LogP contribution in [-0.4, -0.2) is 132 Å². The maximum atomic E-state index is 14.1. The van der Waals surface area contributed by atoms with E-state index in [2.05, 4.69) is 47.2 Å². The fourth-order valence-electron chi connectivity index (χ4n) is 6.74. The summed E-state index contributed by atoms with van der Waals surface area (Å²) in [5.74, 6) is -6.27. The van der Waals surface area contributed by atoms with Crippen molar-refractivity contribution in [3.05, 3.63) is 35.9 Å². The molecule has 2 rings (SSSR count). The highest BCUT2D eigenvalue weighted by molar-refractivity contribution is 5.97. The molecule has 7 atom stereocenters. The maximum absolute atomic E-state index is 14.1. The van der Waals surface area contributed by atoms with Gasteiger partial charge in [-0.05, 0) is 75.3 Å². The topological polar surface area (TPSA) is 373 Å². The van der Waals surface area contributed by atoms with Crippen LogP contribution in [0.15, 0.2) is 40.3 Å². The summed E-state index contributed by atoms with van der Waals surface area (Å²) in [5.41, 5.74) is 22.6. The van der Waals surface area contributed by atoms with Gasteiger partial charge < -0.3 is 70.4 Å². The van der Waals surface area contributed by atoms with Gasteiger partial charge in [0.15, 0.2) is 11.9 Å². The van der Waals surface area contributed by atoms with Gasteiger partial charge in [0.2, 0.25) is 35.4 Å². The number of carbonyl (C=O) groups excluding carboxylic acids is 6. The predicted molar refractivity (Wildman–Crippen MR) is 236 cm³/mol. The second-order valence-corrected chi connectivity index (χ2v) is 16.4. The largest absolute Gasteiger partial charge is 0.480 e. The first kappa shape index (κ1) is 53.1. The van der Waals surface area contributed by atoms with Crippen molar-refractivity contribution >= 4 is 53.3 Å². The molecular formula is C41H69N13O9. The minimum absolute atomic E-state index is 0.000896. The molecule has 22 nitrogen and oxygen atoms in total. The number of guanidine groups is 2. The van der Waals surface area contributed by atoms with Crippen LogP contribution < -0.4 is 60.2 Å². The standard InChI is InChI=1S/C41H69N13O9/c1-23(2)19-29(36(59)50-28(15-10-18-48-41(44)45)35(58)53-31(39(62)63)21-25-11-6-5-7-12-25)51-34(57)27(14-9-17-47-40(42)43)49-37(60)30(20-24(3)4)52-38(61)32(22-55)54-33(56)26-13-8-16-46-26/h5-7,11-12,23-24,26-32,46,55H,8-10,13-22H2,1-4H3,(H,49,60)(H,50,59)(H,51,57)(H,52,61)(H,53,58)(H,54,56)(H,62,63)(H4,42,43,47)(H4,44,45,48). The second-order valence-electron chi connectivity index (χ2n) is 16.4. The predicted octanol–water partition coefficient (Wildman–Crippen LogP) is -2.83. The van der Waals surface area contributed by atoms with E-state index in [9.17, 15) is 43.8 Å². The summed E-state index contributed by atoms with van der Waals surface area (Å²) >= 11 is 0. The average Bonchev–Trinajstić information content (AvgIpc) is 3.76. The lowest BCUT2D eigenvalue weighted by Crippen LogP contribution is -2.60. The molecule has 6 amide bonds. The fourth-order valence-corrected chi connectivity index (χ4v) is 6.74. The molecule has 0 bridgehead atoms. The molecule has 1 heterocycles. The average molecular weight is 888 g/mol. The number of amides is 6. The van der Waals surface area contributed by atoms with Gasteiger partial charge in [0.1, 0.15) is 36.3 Å². The second kappa shape index (κ2) is 27.8. The zero-order valence-electron chi connectivity index (χ0n) is 36.7. The number of aliphatic imine (C=N–C) groups is 2. The summed E-state index contributed by atoms with van der Waals surface area (Å²) in [6.07, 6.45) is 1.94. The number of hydrogen-bond acceptors (Lipinski definition) is 11. The van der Waals surface area contributed by atoms with Gasteiger partial charge in [0.05, 0.1) is 12.6 Å². The number of benzene rings is 1. The van der Waals surface area contributed by atoms with E-state index in [1.54, 1.807) is 30.3 Å². The van der Waals surface area contributed by atoms with Gasteiger partial charge in [-0.2, -0.15) is 0 Å². The maximum Gasteiger partial charge on any atom is 0.326 e. The molecule has 0 spiro atoms. The van der Waals surface area contributed by atoms with E-state index >= 15 is 0 Å². The van der Waals surface area contributed by atoms with Crippen LogP contribution in [0, 0.1) is 11.8 Å². The van der Waals surface area contributed by atoms with Crippen molar-refractivity contribution in [2.24, 2.45) is 44.8 Å². The molecule has 0 saturated carbocycles. The number of carbonyl (C=O) groups is 7. The Kier molecular flexibility index (Phi) is 23.5. The molecule has 1 aliphatic rings. The van der Waals surface area contributed by atoms with Crippen molar-refractivity contribution in [1.82, 2.24) is 37.2 Å². The van der Waals surface area contributed by atoms with Gasteiger partial charge in [-0.15, -0.1) is 0 Å². The number of carboxylic acid groups (broad SMARTS) is 1. The number of nitrogens with two attached hydrogens (primary N) is 4. The first-order valence-electron chi connectivity index (χ1n) is 21.3. The Morgan fingerprint density at radius 3 is 1.48 bits per heavy atom. The number of aliphatic carboxylic acids is 1. The van der Waals surface area contributed by atoms with Gasteiger partial charge in [-0.25, -0.2) is 4.79 Å². The smallest absolute Gasteiger partial charge is 0.326 e. The zero-order chi connectivity index (χ0) is 47.1. The van der Waals surface area contributed by atoms with Crippen molar-refractivity contribution in [2.45, 2.75) is 128 Å². The minimum Gasteiger partial charge on any atom is -0.480 e. The van der Waals surface area contributed by atoms with Gasteiger partial charge in [-0.3, -0.25) is 38.8 Å². The number of aliphatic hydroxyl groups excluding tert-OH is 1. The molecule has 352 valence electrons. The summed E-state index contributed by atoms with van der Waals surface area (Å²) in [5, 5.41) is 38.7. The lowest BCUT2D eigenvalue weighted by atomic mass is 10.00. The Balaban J connectivity index is 2.35. The van der Waals surface area contributed by atoms with Crippen LogP contribution in [0.5, 0.6) is 0 Å². The Hall–Kier alpha value is -6.03. The third kappa shape index (κ3) is 20.6. The van der Waals surface area contributed by atoms with E-state index in [0.29, 0.717) is 18.5 Å². The molecule has 1 aromatic carbocycles. The van der Waals surface area contributed by atoms with Crippen molar-refractivity contribution in [3.63, 3.8) is 0 Å². The third-order valence-electron chi connectivity index (χ3n) is 9.93. The Morgan fingerprint density at radius 2 is 1.08 bits per heavy atom. The zero-order valence-corrected chi connectivity index (χ0v) is 36.7. The molecule has 1 aliphatic heterocycles. The highest BCUT2D eigenvalue weighted by Crippen LogP contribution is 2.12. The van der Waals surface area contributed by atoms with Crippen LogP contribution >= 0.6 is 0 Å². The Labute approximate surface area is 368 Å². The van der Waals surface area contributed by atoms with Crippen LogP contribution in [0.3, 0.4) is 0 Å². The summed E-state index contributed by atoms with van der Waals surface area (Å²) in [4.78, 5) is 102. The number of carboxylic acids is 1. The molecule has 0 radical (unpaired) electrons. The highest BCUT2D eigenvalue weighted by Gasteiger charge is 2.34. The molecule has 0 aromatic heterocycles. The van der Waals surface area contributed by atoms with E-state index in [-0.39, 0.29) is 81.8 Å². The SMILES string of the molecule is CC(C)CC(NC(=O)C(CCCN=C(N)N)NC(=O)C(CC(C)C)NC(=O)C(CO)NC(=O)C1CCCN1)C(=O)NC(CCCN=C(N)N)C(=O)NC(Cc1ccccc1)C(=O)O. The van der Waals surface area contributed by atoms with Gasteiger partial charge in [0, 0.05) is 19.5 Å². The summed E-state index contributed by atoms with van der Waals surface area (Å²) in [7, 11) is 0. The van der Waals surface area contributed by atoms with Crippen LogP contribution in [-0.2, 0) is 40.0 Å². The van der Waals surface area contributed by atoms with Gasteiger partial charge >= 0.3 is 5.97 Å². The first-order chi connectivity index (χ1) is 29.8. The number of rotatable bonds is 28. The molecule has 0 aliphatic carbocycles. The molecule has 1 aromatic rings. The summed E-state index contributed by atoms with van der Waals surface area (Å²) in [6.45, 7) is 7.36. The molecule has 63 heavy (non-hydrogen) atoms. The fraction of sp³-hybridized carbons (Fsp3) is 0.634. The van der Waals surface area contributed by atoms with Crippen LogP contribution in [0.1, 0.15) is 84.6 Å². The van der Waals surface area contributed by atoms with Crippen LogP contribution in [0.4, 0.5) is 0 Å².